The Labute approximate surface area is 173 Å². The highest BCUT2D eigenvalue weighted by Gasteiger charge is 2.06. The van der Waals surface area contributed by atoms with Gasteiger partial charge in [0.25, 0.3) is 0 Å². The topological polar surface area (TPSA) is 27.7 Å². The summed E-state index contributed by atoms with van der Waals surface area (Å²) in [5, 5.41) is 0. The van der Waals surface area contributed by atoms with Crippen molar-refractivity contribution < 1.29 is 14.2 Å². The van der Waals surface area contributed by atoms with Gasteiger partial charge >= 0.3 is 0 Å². The quantitative estimate of drug-likeness (QED) is 0.300. The van der Waals surface area contributed by atoms with Crippen molar-refractivity contribution in [2.24, 2.45) is 0 Å². The molecule has 3 aromatic carbocycles. The summed E-state index contributed by atoms with van der Waals surface area (Å²) in [6.45, 7) is 6.90. The summed E-state index contributed by atoms with van der Waals surface area (Å²) in [5.41, 5.74) is 4.65. The number of aryl methyl sites for hydroxylation is 1. The predicted molar refractivity (Wildman–Crippen MR) is 118 cm³/mol. The van der Waals surface area contributed by atoms with Gasteiger partial charge < -0.3 is 14.2 Å². The van der Waals surface area contributed by atoms with Gasteiger partial charge in [-0.1, -0.05) is 66.2 Å². The zero-order chi connectivity index (χ0) is 20.5. The Bertz CT molecular complexity index is 911. The minimum atomic E-state index is -0.0114. The summed E-state index contributed by atoms with van der Waals surface area (Å²) >= 11 is 0. The minimum Gasteiger partial charge on any atom is -0.490 e. The van der Waals surface area contributed by atoms with Crippen LogP contribution in [0.5, 0.6) is 11.5 Å². The lowest BCUT2D eigenvalue weighted by molar-refractivity contribution is -0.0294. The fourth-order valence-corrected chi connectivity index (χ4v) is 2.95. The summed E-state index contributed by atoms with van der Waals surface area (Å²) < 4.78 is 17.2. The first-order valence-corrected chi connectivity index (χ1v) is 9.91. The van der Waals surface area contributed by atoms with E-state index < -0.39 is 0 Å². The Kier molecular flexibility index (Phi) is 7.48. The third-order valence-corrected chi connectivity index (χ3v) is 4.68. The third kappa shape index (κ3) is 6.23. The lowest BCUT2D eigenvalue weighted by atomic mass is 10.1. The summed E-state index contributed by atoms with van der Waals surface area (Å²) in [6, 6.07) is 24.5. The molecule has 1 unspecified atom stereocenters. The molecule has 0 aliphatic heterocycles. The molecule has 150 valence electrons. The second kappa shape index (κ2) is 10.5. The van der Waals surface area contributed by atoms with Gasteiger partial charge in [-0.25, -0.2) is 0 Å². The first-order valence-electron chi connectivity index (χ1n) is 9.91. The molecule has 3 nitrogen and oxygen atoms in total. The molecule has 0 saturated heterocycles. The molecular formula is C26H28O3. The van der Waals surface area contributed by atoms with Crippen LogP contribution in [0.2, 0.25) is 0 Å². The van der Waals surface area contributed by atoms with E-state index in [1.165, 1.54) is 5.56 Å². The number of hydrogen-bond donors (Lipinski definition) is 0. The molecule has 0 amide bonds. The lowest BCUT2D eigenvalue weighted by Crippen LogP contribution is -2.07. The van der Waals surface area contributed by atoms with Crippen molar-refractivity contribution in [3.63, 3.8) is 0 Å². The van der Waals surface area contributed by atoms with Crippen molar-refractivity contribution >= 4 is 0 Å². The maximum Gasteiger partial charge on any atom is 0.189 e. The average Bonchev–Trinajstić information content (AvgIpc) is 2.75. The van der Waals surface area contributed by atoms with Gasteiger partial charge in [0.2, 0.25) is 0 Å². The molecule has 3 rings (SSSR count). The normalized spacial score (nSPS) is 12.1. The molecule has 0 radical (unpaired) electrons. The van der Waals surface area contributed by atoms with Crippen LogP contribution in [0.1, 0.15) is 31.1 Å². The van der Waals surface area contributed by atoms with Crippen LogP contribution in [-0.2, 0) is 4.74 Å². The number of hydrogen-bond acceptors (Lipinski definition) is 3. The van der Waals surface area contributed by atoms with E-state index in [1.807, 2.05) is 56.3 Å². The van der Waals surface area contributed by atoms with Crippen LogP contribution in [0.3, 0.4) is 0 Å². The van der Waals surface area contributed by atoms with Crippen LogP contribution in [0.25, 0.3) is 11.1 Å². The molecule has 29 heavy (non-hydrogen) atoms. The minimum absolute atomic E-state index is 0.0114. The Hall–Kier alpha value is -3.04. The van der Waals surface area contributed by atoms with Crippen LogP contribution in [0, 0.1) is 6.92 Å². The van der Waals surface area contributed by atoms with Gasteiger partial charge in [0, 0.05) is 0 Å². The van der Waals surface area contributed by atoms with Crippen molar-refractivity contribution in [1.82, 2.24) is 0 Å². The van der Waals surface area contributed by atoms with E-state index in [-0.39, 0.29) is 12.9 Å². The number of ether oxygens (including phenoxy) is 3. The molecule has 0 aliphatic carbocycles. The second-order valence-electron chi connectivity index (χ2n) is 6.91. The Balaban J connectivity index is 1.51. The van der Waals surface area contributed by atoms with Gasteiger partial charge in [-0.15, -0.1) is 0 Å². The van der Waals surface area contributed by atoms with E-state index in [9.17, 15) is 0 Å². The van der Waals surface area contributed by atoms with Crippen molar-refractivity contribution in [3.05, 3.63) is 96.1 Å². The molecular weight excluding hydrogens is 360 g/mol. The molecule has 0 saturated carbocycles. The van der Waals surface area contributed by atoms with Crippen molar-refractivity contribution in [2.45, 2.75) is 26.9 Å². The van der Waals surface area contributed by atoms with Gasteiger partial charge in [-0.2, -0.15) is 0 Å². The summed E-state index contributed by atoms with van der Waals surface area (Å²) in [4.78, 5) is 0. The van der Waals surface area contributed by atoms with Gasteiger partial charge in [0.15, 0.2) is 6.79 Å². The highest BCUT2D eigenvalue weighted by molar-refractivity contribution is 5.64. The van der Waals surface area contributed by atoms with E-state index >= 15 is 0 Å². The number of benzene rings is 3. The molecule has 0 spiro atoms. The van der Waals surface area contributed by atoms with Crippen LogP contribution in [-0.4, -0.2) is 13.4 Å². The standard InChI is InChI=1S/C26H28O3/c1-4-5-17-27-25-13-9-22(10-14-25)23-11-15-26(16-12-23)29-19-28-21(3)24-8-6-7-20(2)18-24/h4-16,18,21H,17,19H2,1-3H3/b5-4+. The molecule has 0 aliphatic rings. The zero-order valence-corrected chi connectivity index (χ0v) is 17.3. The lowest BCUT2D eigenvalue weighted by Gasteiger charge is -2.15. The fourth-order valence-electron chi connectivity index (χ4n) is 2.95. The molecule has 0 aromatic heterocycles. The van der Waals surface area contributed by atoms with Crippen molar-refractivity contribution in [3.8, 4) is 22.6 Å². The van der Waals surface area contributed by atoms with E-state index in [4.69, 9.17) is 14.2 Å². The van der Waals surface area contributed by atoms with Crippen LogP contribution in [0.4, 0.5) is 0 Å². The van der Waals surface area contributed by atoms with Crippen LogP contribution in [0.15, 0.2) is 84.9 Å². The van der Waals surface area contributed by atoms with E-state index in [2.05, 4.69) is 49.4 Å². The van der Waals surface area contributed by atoms with Crippen molar-refractivity contribution in [1.29, 1.82) is 0 Å². The van der Waals surface area contributed by atoms with Gasteiger partial charge in [0.1, 0.15) is 18.1 Å². The average molecular weight is 389 g/mol. The maximum atomic E-state index is 5.81. The van der Waals surface area contributed by atoms with Crippen LogP contribution >= 0.6 is 0 Å². The summed E-state index contributed by atoms with van der Waals surface area (Å²) in [6.07, 6.45) is 3.95. The molecule has 1 atom stereocenters. The third-order valence-electron chi connectivity index (χ3n) is 4.68. The predicted octanol–water partition coefficient (Wildman–Crippen LogP) is 6.73. The zero-order valence-electron chi connectivity index (χ0n) is 17.3. The first-order chi connectivity index (χ1) is 14.2. The smallest absolute Gasteiger partial charge is 0.189 e. The fraction of sp³-hybridized carbons (Fsp3) is 0.231. The Morgan fingerprint density at radius 1 is 0.828 bits per heavy atom. The second-order valence-corrected chi connectivity index (χ2v) is 6.91. The Morgan fingerprint density at radius 2 is 1.45 bits per heavy atom. The highest BCUT2D eigenvalue weighted by atomic mass is 16.7. The number of allylic oxidation sites excluding steroid dienone is 1. The largest absolute Gasteiger partial charge is 0.490 e. The molecule has 3 heteroatoms. The summed E-state index contributed by atoms with van der Waals surface area (Å²) in [5.74, 6) is 1.66. The first kappa shape index (κ1) is 20.7. The molecule has 0 N–H and O–H groups in total. The number of rotatable bonds is 9. The van der Waals surface area contributed by atoms with Crippen LogP contribution < -0.4 is 9.47 Å². The van der Waals surface area contributed by atoms with Gasteiger partial charge in [0.05, 0.1) is 6.10 Å². The molecule has 0 bridgehead atoms. The van der Waals surface area contributed by atoms with E-state index in [1.54, 1.807) is 0 Å². The van der Waals surface area contributed by atoms with E-state index in [0.717, 1.165) is 28.2 Å². The van der Waals surface area contributed by atoms with Crippen molar-refractivity contribution in [2.75, 3.05) is 13.4 Å². The molecule has 3 aromatic rings. The SMILES string of the molecule is C/C=C/COc1ccc(-c2ccc(OCOC(C)c3cccc(C)c3)cc2)cc1. The monoisotopic (exact) mass is 388 g/mol. The summed E-state index contributed by atoms with van der Waals surface area (Å²) in [7, 11) is 0. The van der Waals surface area contributed by atoms with E-state index in [0.29, 0.717) is 6.61 Å². The van der Waals surface area contributed by atoms with Gasteiger partial charge in [-0.3, -0.25) is 0 Å². The highest BCUT2D eigenvalue weighted by Crippen LogP contribution is 2.25. The Morgan fingerprint density at radius 3 is 2.03 bits per heavy atom. The van der Waals surface area contributed by atoms with Gasteiger partial charge in [-0.05, 0) is 61.7 Å². The molecule has 0 heterocycles. The molecule has 0 fully saturated rings. The maximum absolute atomic E-state index is 5.81.